The highest BCUT2D eigenvalue weighted by Crippen LogP contribution is 2.33. The first kappa shape index (κ1) is 22.1. The molecule has 0 bridgehead atoms. The van der Waals surface area contributed by atoms with Gasteiger partial charge in [-0.3, -0.25) is 4.79 Å². The molecule has 0 unspecified atom stereocenters. The maximum absolute atomic E-state index is 12.2. The molecule has 1 N–H and O–H groups in total. The molecule has 5 nitrogen and oxygen atoms in total. The van der Waals surface area contributed by atoms with Crippen LogP contribution in [0.5, 0.6) is 11.5 Å². The summed E-state index contributed by atoms with van der Waals surface area (Å²) in [4.78, 5) is 12.2. The molecular weight excluding hydrogens is 512 g/mol. The van der Waals surface area contributed by atoms with Gasteiger partial charge in [-0.25, -0.2) is 5.43 Å². The number of hydrogen-bond acceptors (Lipinski definition) is 4. The van der Waals surface area contributed by atoms with Crippen LogP contribution in [0.4, 0.5) is 0 Å². The van der Waals surface area contributed by atoms with Gasteiger partial charge in [-0.15, -0.1) is 0 Å². The molecule has 0 aliphatic carbocycles. The van der Waals surface area contributed by atoms with Gasteiger partial charge in [0.15, 0.2) is 11.5 Å². The Labute approximate surface area is 192 Å². The smallest absolute Gasteiger partial charge is 0.271 e. The fourth-order valence-electron chi connectivity index (χ4n) is 2.62. The lowest BCUT2D eigenvalue weighted by Gasteiger charge is -2.14. The molecule has 0 fully saturated rings. The normalized spacial score (nSPS) is 10.8. The van der Waals surface area contributed by atoms with Crippen molar-refractivity contribution in [1.29, 1.82) is 0 Å². The number of amides is 1. The third-order valence-electron chi connectivity index (χ3n) is 4.06. The number of hydrogen-bond donors (Lipinski definition) is 1. The van der Waals surface area contributed by atoms with E-state index in [1.54, 1.807) is 24.4 Å². The molecule has 0 heterocycles. The van der Waals surface area contributed by atoms with E-state index in [1.807, 2.05) is 55.5 Å². The summed E-state index contributed by atoms with van der Waals surface area (Å²) in [6.45, 7) is 2.85. The van der Waals surface area contributed by atoms with Crippen molar-refractivity contribution in [3.63, 3.8) is 0 Å². The molecule has 3 aromatic rings. The molecule has 0 aliphatic heterocycles. The zero-order chi connectivity index (χ0) is 21.3. The third kappa shape index (κ3) is 6.18. The van der Waals surface area contributed by atoms with Crippen LogP contribution >= 0.6 is 31.9 Å². The molecule has 3 rings (SSSR count). The molecule has 0 radical (unpaired) electrons. The molecule has 0 spiro atoms. The highest BCUT2D eigenvalue weighted by molar-refractivity contribution is 9.10. The minimum atomic E-state index is -0.295. The number of ether oxygens (including phenoxy) is 2. The van der Waals surface area contributed by atoms with Crippen molar-refractivity contribution in [2.24, 2.45) is 5.10 Å². The van der Waals surface area contributed by atoms with Gasteiger partial charge in [0.1, 0.15) is 6.61 Å². The van der Waals surface area contributed by atoms with Crippen molar-refractivity contribution in [3.05, 3.63) is 92.4 Å². The van der Waals surface area contributed by atoms with Crippen molar-refractivity contribution >= 4 is 44.0 Å². The summed E-state index contributed by atoms with van der Waals surface area (Å²) in [6.07, 6.45) is 1.56. The number of benzene rings is 3. The van der Waals surface area contributed by atoms with Crippen molar-refractivity contribution in [2.45, 2.75) is 13.5 Å². The van der Waals surface area contributed by atoms with E-state index in [0.717, 1.165) is 20.1 Å². The summed E-state index contributed by atoms with van der Waals surface area (Å²) < 4.78 is 13.3. The zero-order valence-corrected chi connectivity index (χ0v) is 19.4. The first-order valence-electron chi connectivity index (χ1n) is 9.29. The highest BCUT2D eigenvalue weighted by atomic mass is 79.9. The molecule has 30 heavy (non-hydrogen) atoms. The van der Waals surface area contributed by atoms with Crippen LogP contribution in [0.2, 0.25) is 0 Å². The Morgan fingerprint density at radius 2 is 1.77 bits per heavy atom. The van der Waals surface area contributed by atoms with Gasteiger partial charge in [0, 0.05) is 20.1 Å². The summed E-state index contributed by atoms with van der Waals surface area (Å²) in [7, 11) is 0. The number of carbonyl (C=O) groups is 1. The van der Waals surface area contributed by atoms with E-state index in [4.69, 9.17) is 9.47 Å². The SMILES string of the molecule is CCOc1cc(/C=N\NC(=O)c2cccc(Br)c2)c(Br)cc1OCc1ccccc1. The second kappa shape index (κ2) is 10.9. The van der Waals surface area contributed by atoms with Crippen molar-refractivity contribution in [1.82, 2.24) is 5.43 Å². The van der Waals surface area contributed by atoms with Crippen LogP contribution in [0.25, 0.3) is 0 Å². The van der Waals surface area contributed by atoms with Crippen LogP contribution in [0.3, 0.4) is 0 Å². The predicted octanol–water partition coefficient (Wildman–Crippen LogP) is 5.95. The average Bonchev–Trinajstić information content (AvgIpc) is 2.75. The number of hydrazone groups is 1. The Bertz CT molecular complexity index is 1040. The number of halogens is 2. The molecule has 0 saturated heterocycles. The van der Waals surface area contributed by atoms with Gasteiger partial charge in [0.05, 0.1) is 12.8 Å². The maximum Gasteiger partial charge on any atom is 0.271 e. The largest absolute Gasteiger partial charge is 0.490 e. The summed E-state index contributed by atoms with van der Waals surface area (Å²) in [5.74, 6) is 0.941. The lowest BCUT2D eigenvalue weighted by atomic mass is 10.2. The molecule has 3 aromatic carbocycles. The molecular formula is C23H20Br2N2O3. The van der Waals surface area contributed by atoms with Gasteiger partial charge >= 0.3 is 0 Å². The Morgan fingerprint density at radius 3 is 2.50 bits per heavy atom. The van der Waals surface area contributed by atoms with E-state index in [9.17, 15) is 4.79 Å². The van der Waals surface area contributed by atoms with Crippen molar-refractivity contribution in [3.8, 4) is 11.5 Å². The average molecular weight is 532 g/mol. The summed E-state index contributed by atoms with van der Waals surface area (Å²) in [6, 6.07) is 20.7. The van der Waals surface area contributed by atoms with Crippen LogP contribution in [-0.2, 0) is 6.61 Å². The molecule has 0 atom stereocenters. The van der Waals surface area contributed by atoms with Crippen molar-refractivity contribution < 1.29 is 14.3 Å². The lowest BCUT2D eigenvalue weighted by molar-refractivity contribution is 0.0955. The standard InChI is InChI=1S/C23H20Br2N2O3/c1-2-29-21-12-18(14-26-27-23(28)17-9-6-10-19(24)11-17)20(25)13-22(21)30-15-16-7-4-3-5-8-16/h3-14H,2,15H2,1H3,(H,27,28)/b26-14-. The number of rotatable bonds is 8. The van der Waals surface area contributed by atoms with Crippen LogP contribution in [0, 0.1) is 0 Å². The summed E-state index contributed by atoms with van der Waals surface area (Å²) in [5.41, 5.74) is 4.86. The predicted molar refractivity (Wildman–Crippen MR) is 125 cm³/mol. The molecule has 7 heteroatoms. The number of nitrogens with one attached hydrogen (secondary N) is 1. The lowest BCUT2D eigenvalue weighted by Crippen LogP contribution is -2.17. The van der Waals surface area contributed by atoms with E-state index in [-0.39, 0.29) is 5.91 Å². The quantitative estimate of drug-likeness (QED) is 0.288. The van der Waals surface area contributed by atoms with E-state index >= 15 is 0 Å². The number of nitrogens with zero attached hydrogens (tertiary/aromatic N) is 1. The molecule has 0 saturated carbocycles. The second-order valence-corrected chi connectivity index (χ2v) is 8.01. The topological polar surface area (TPSA) is 59.9 Å². The number of carbonyl (C=O) groups excluding carboxylic acids is 1. The van der Waals surface area contributed by atoms with E-state index < -0.39 is 0 Å². The zero-order valence-electron chi connectivity index (χ0n) is 16.3. The first-order valence-corrected chi connectivity index (χ1v) is 10.9. The minimum Gasteiger partial charge on any atom is -0.490 e. The molecule has 1 amide bonds. The van der Waals surface area contributed by atoms with Crippen LogP contribution in [0.15, 0.2) is 80.8 Å². The summed E-state index contributed by atoms with van der Waals surface area (Å²) in [5, 5.41) is 4.07. The highest BCUT2D eigenvalue weighted by Gasteiger charge is 2.11. The fraction of sp³-hybridized carbons (Fsp3) is 0.130. The fourth-order valence-corrected chi connectivity index (χ4v) is 3.44. The van der Waals surface area contributed by atoms with E-state index in [2.05, 4.69) is 42.4 Å². The monoisotopic (exact) mass is 530 g/mol. The van der Waals surface area contributed by atoms with E-state index in [1.165, 1.54) is 0 Å². The third-order valence-corrected chi connectivity index (χ3v) is 5.24. The molecule has 154 valence electrons. The Morgan fingerprint density at radius 1 is 1.00 bits per heavy atom. The van der Waals surface area contributed by atoms with Gasteiger partial charge in [-0.2, -0.15) is 5.10 Å². The van der Waals surface area contributed by atoms with Crippen LogP contribution in [0.1, 0.15) is 28.4 Å². The van der Waals surface area contributed by atoms with Crippen LogP contribution in [-0.4, -0.2) is 18.7 Å². The molecule has 0 aromatic heterocycles. The van der Waals surface area contributed by atoms with Crippen LogP contribution < -0.4 is 14.9 Å². The Balaban J connectivity index is 1.72. The van der Waals surface area contributed by atoms with Gasteiger partial charge in [-0.1, -0.05) is 52.3 Å². The Kier molecular flexibility index (Phi) is 8.04. The van der Waals surface area contributed by atoms with Gasteiger partial charge in [0.2, 0.25) is 0 Å². The second-order valence-electron chi connectivity index (χ2n) is 6.24. The van der Waals surface area contributed by atoms with Gasteiger partial charge in [-0.05, 0) is 58.7 Å². The summed E-state index contributed by atoms with van der Waals surface area (Å²) >= 11 is 6.89. The van der Waals surface area contributed by atoms with Gasteiger partial charge < -0.3 is 9.47 Å². The maximum atomic E-state index is 12.2. The molecule has 0 aliphatic rings. The first-order chi connectivity index (χ1) is 14.6. The Hall–Kier alpha value is -2.64. The van der Waals surface area contributed by atoms with E-state index in [0.29, 0.717) is 30.3 Å². The van der Waals surface area contributed by atoms with Gasteiger partial charge in [0.25, 0.3) is 5.91 Å². The minimum absolute atomic E-state index is 0.295. The van der Waals surface area contributed by atoms with Crippen molar-refractivity contribution in [2.75, 3.05) is 6.61 Å².